The standard InChI is InChI=1S/C12H19ClN2/c1-9-5-6-11(14-8-9)15-10(7-13)12(2,3)4/h5-6,8,10H,7H2,1-4H3,(H,14,15). The van der Waals surface area contributed by atoms with Crippen LogP contribution >= 0.6 is 11.6 Å². The average Bonchev–Trinajstić information content (AvgIpc) is 2.15. The van der Waals surface area contributed by atoms with E-state index in [1.54, 1.807) is 0 Å². The van der Waals surface area contributed by atoms with E-state index in [-0.39, 0.29) is 11.5 Å². The van der Waals surface area contributed by atoms with Crippen molar-refractivity contribution in [1.82, 2.24) is 4.98 Å². The van der Waals surface area contributed by atoms with Crippen molar-refractivity contribution in [3.8, 4) is 0 Å². The zero-order chi connectivity index (χ0) is 11.5. The van der Waals surface area contributed by atoms with Gasteiger partial charge in [-0.15, -0.1) is 11.6 Å². The minimum absolute atomic E-state index is 0.133. The van der Waals surface area contributed by atoms with Crippen LogP contribution in [0.15, 0.2) is 18.3 Å². The van der Waals surface area contributed by atoms with E-state index in [2.05, 4.69) is 31.1 Å². The van der Waals surface area contributed by atoms with Crippen molar-refractivity contribution in [2.45, 2.75) is 33.7 Å². The Hall–Kier alpha value is -0.760. The molecule has 0 saturated carbocycles. The van der Waals surface area contributed by atoms with Gasteiger partial charge < -0.3 is 5.32 Å². The van der Waals surface area contributed by atoms with Gasteiger partial charge in [-0.3, -0.25) is 0 Å². The normalized spacial score (nSPS) is 13.7. The molecule has 0 fully saturated rings. The number of halogens is 1. The van der Waals surface area contributed by atoms with Gasteiger partial charge in [-0.25, -0.2) is 4.98 Å². The van der Waals surface area contributed by atoms with Crippen LogP contribution in [0.25, 0.3) is 0 Å². The Morgan fingerprint density at radius 1 is 1.40 bits per heavy atom. The van der Waals surface area contributed by atoms with E-state index in [0.29, 0.717) is 5.88 Å². The van der Waals surface area contributed by atoms with Crippen LogP contribution in [0, 0.1) is 12.3 Å². The van der Waals surface area contributed by atoms with Crippen LogP contribution in [0.4, 0.5) is 5.82 Å². The van der Waals surface area contributed by atoms with E-state index in [4.69, 9.17) is 11.6 Å². The maximum atomic E-state index is 5.94. The Morgan fingerprint density at radius 2 is 2.07 bits per heavy atom. The maximum Gasteiger partial charge on any atom is 0.126 e. The van der Waals surface area contributed by atoms with Crippen LogP contribution in [-0.2, 0) is 0 Å². The molecule has 0 aliphatic rings. The van der Waals surface area contributed by atoms with E-state index in [1.807, 2.05) is 25.3 Å². The summed E-state index contributed by atoms with van der Waals surface area (Å²) in [5, 5.41) is 3.35. The molecule has 0 spiro atoms. The molecular formula is C12H19ClN2. The van der Waals surface area contributed by atoms with Crippen molar-refractivity contribution in [3.63, 3.8) is 0 Å². The molecular weight excluding hydrogens is 208 g/mol. The van der Waals surface area contributed by atoms with Gasteiger partial charge in [-0.1, -0.05) is 26.8 Å². The number of hydrogen-bond acceptors (Lipinski definition) is 2. The molecule has 1 N–H and O–H groups in total. The third-order valence-electron chi connectivity index (χ3n) is 2.43. The number of nitrogens with zero attached hydrogens (tertiary/aromatic N) is 1. The lowest BCUT2D eigenvalue weighted by molar-refractivity contribution is 0.361. The van der Waals surface area contributed by atoms with Gasteiger partial charge in [0.2, 0.25) is 0 Å². The lowest BCUT2D eigenvalue weighted by Gasteiger charge is -2.30. The minimum atomic E-state index is 0.133. The number of anilines is 1. The fourth-order valence-corrected chi connectivity index (χ4v) is 1.76. The van der Waals surface area contributed by atoms with Crippen molar-refractivity contribution in [1.29, 1.82) is 0 Å². The van der Waals surface area contributed by atoms with Gasteiger partial charge in [0.1, 0.15) is 5.82 Å². The molecule has 1 aromatic heterocycles. The van der Waals surface area contributed by atoms with Crippen molar-refractivity contribution >= 4 is 17.4 Å². The Balaban J connectivity index is 2.71. The van der Waals surface area contributed by atoms with Crippen LogP contribution in [0.3, 0.4) is 0 Å². The highest BCUT2D eigenvalue weighted by Gasteiger charge is 2.23. The quantitative estimate of drug-likeness (QED) is 0.799. The lowest BCUT2D eigenvalue weighted by atomic mass is 9.88. The Labute approximate surface area is 97.1 Å². The molecule has 0 bridgehead atoms. The molecule has 1 rings (SSSR count). The summed E-state index contributed by atoms with van der Waals surface area (Å²) in [5.41, 5.74) is 1.30. The predicted octanol–water partition coefficient (Wildman–Crippen LogP) is 3.46. The molecule has 0 radical (unpaired) electrons. The summed E-state index contributed by atoms with van der Waals surface area (Å²) in [7, 11) is 0. The van der Waals surface area contributed by atoms with Crippen LogP contribution in [0.2, 0.25) is 0 Å². The molecule has 0 amide bonds. The van der Waals surface area contributed by atoms with Gasteiger partial charge >= 0.3 is 0 Å². The summed E-state index contributed by atoms with van der Waals surface area (Å²) in [4.78, 5) is 4.31. The second-order valence-electron chi connectivity index (χ2n) is 4.94. The number of aryl methyl sites for hydroxylation is 1. The number of pyridine rings is 1. The Morgan fingerprint density at radius 3 is 2.47 bits per heavy atom. The van der Waals surface area contributed by atoms with Crippen molar-refractivity contribution in [2.75, 3.05) is 11.2 Å². The first-order valence-electron chi connectivity index (χ1n) is 5.18. The summed E-state index contributed by atoms with van der Waals surface area (Å²) in [6.07, 6.45) is 1.86. The van der Waals surface area contributed by atoms with E-state index in [1.165, 1.54) is 5.56 Å². The average molecular weight is 227 g/mol. The molecule has 0 aromatic carbocycles. The third-order valence-corrected chi connectivity index (χ3v) is 2.74. The number of aromatic nitrogens is 1. The van der Waals surface area contributed by atoms with Crippen LogP contribution in [0.5, 0.6) is 0 Å². The fourth-order valence-electron chi connectivity index (χ4n) is 1.22. The van der Waals surface area contributed by atoms with Crippen molar-refractivity contribution < 1.29 is 0 Å². The first kappa shape index (κ1) is 12.3. The molecule has 15 heavy (non-hydrogen) atoms. The molecule has 1 aromatic rings. The molecule has 1 atom stereocenters. The van der Waals surface area contributed by atoms with Gasteiger partial charge in [0, 0.05) is 18.1 Å². The summed E-state index contributed by atoms with van der Waals surface area (Å²) in [6, 6.07) is 4.26. The number of alkyl halides is 1. The van der Waals surface area contributed by atoms with Gasteiger partial charge in [-0.05, 0) is 24.0 Å². The lowest BCUT2D eigenvalue weighted by Crippen LogP contribution is -2.35. The number of nitrogens with one attached hydrogen (secondary N) is 1. The Kier molecular flexibility index (Phi) is 3.97. The van der Waals surface area contributed by atoms with Crippen LogP contribution < -0.4 is 5.32 Å². The smallest absolute Gasteiger partial charge is 0.126 e. The van der Waals surface area contributed by atoms with Gasteiger partial charge in [-0.2, -0.15) is 0 Å². The maximum absolute atomic E-state index is 5.94. The molecule has 2 nitrogen and oxygen atoms in total. The van der Waals surface area contributed by atoms with Crippen molar-refractivity contribution in [2.24, 2.45) is 5.41 Å². The second kappa shape index (κ2) is 4.84. The molecule has 0 saturated heterocycles. The SMILES string of the molecule is Cc1ccc(NC(CCl)C(C)(C)C)nc1. The zero-order valence-corrected chi connectivity index (χ0v) is 10.6. The number of rotatable bonds is 3. The van der Waals surface area contributed by atoms with Gasteiger partial charge in [0.05, 0.1) is 0 Å². The largest absolute Gasteiger partial charge is 0.366 e. The highest BCUT2D eigenvalue weighted by atomic mass is 35.5. The highest BCUT2D eigenvalue weighted by Crippen LogP contribution is 2.23. The summed E-state index contributed by atoms with van der Waals surface area (Å²) in [5.74, 6) is 1.47. The minimum Gasteiger partial charge on any atom is -0.366 e. The molecule has 0 aliphatic heterocycles. The molecule has 0 aliphatic carbocycles. The van der Waals surface area contributed by atoms with Gasteiger partial charge in [0.25, 0.3) is 0 Å². The van der Waals surface area contributed by atoms with Crippen LogP contribution in [-0.4, -0.2) is 16.9 Å². The summed E-state index contributed by atoms with van der Waals surface area (Å²) in [6.45, 7) is 8.53. The first-order valence-corrected chi connectivity index (χ1v) is 5.72. The zero-order valence-electron chi connectivity index (χ0n) is 9.84. The first-order chi connectivity index (χ1) is 6.93. The second-order valence-corrected chi connectivity index (χ2v) is 5.25. The summed E-state index contributed by atoms with van der Waals surface area (Å²) >= 11 is 5.94. The topological polar surface area (TPSA) is 24.9 Å². The molecule has 1 heterocycles. The van der Waals surface area contributed by atoms with Gasteiger partial charge in [0.15, 0.2) is 0 Å². The number of hydrogen-bond donors (Lipinski definition) is 1. The third kappa shape index (κ3) is 3.71. The molecule has 84 valence electrons. The molecule has 1 unspecified atom stereocenters. The van der Waals surface area contributed by atoms with E-state index in [9.17, 15) is 0 Å². The van der Waals surface area contributed by atoms with E-state index >= 15 is 0 Å². The fraction of sp³-hybridized carbons (Fsp3) is 0.583. The molecule has 3 heteroatoms. The monoisotopic (exact) mass is 226 g/mol. The van der Waals surface area contributed by atoms with Crippen molar-refractivity contribution in [3.05, 3.63) is 23.9 Å². The van der Waals surface area contributed by atoms with E-state index < -0.39 is 0 Å². The predicted molar refractivity (Wildman–Crippen MR) is 66.6 cm³/mol. The van der Waals surface area contributed by atoms with E-state index in [0.717, 1.165) is 5.82 Å². The summed E-state index contributed by atoms with van der Waals surface area (Å²) < 4.78 is 0. The Bertz CT molecular complexity index is 300. The van der Waals surface area contributed by atoms with Crippen LogP contribution in [0.1, 0.15) is 26.3 Å². The highest BCUT2D eigenvalue weighted by molar-refractivity contribution is 6.18.